The minimum Gasteiger partial charge on any atom is -0.322 e. The molecular weight excluding hydrogens is 436 g/mol. The lowest BCUT2D eigenvalue weighted by Gasteiger charge is -2.18. The SMILES string of the molecule is CCN(CC)S(=O)(=O)c1ccc(C(=O)Nc2ccc(C(=O)Nc3nccs3)cc2)cc1. The first-order valence-corrected chi connectivity index (χ1v) is 11.9. The van der Waals surface area contributed by atoms with Gasteiger partial charge in [0.1, 0.15) is 0 Å². The number of aromatic nitrogens is 1. The van der Waals surface area contributed by atoms with Gasteiger partial charge in [0, 0.05) is 41.5 Å². The third-order valence-corrected chi connectivity index (χ3v) is 7.27. The van der Waals surface area contributed by atoms with E-state index in [4.69, 9.17) is 0 Å². The van der Waals surface area contributed by atoms with Gasteiger partial charge < -0.3 is 5.32 Å². The van der Waals surface area contributed by atoms with Gasteiger partial charge in [-0.1, -0.05) is 13.8 Å². The molecule has 3 rings (SSSR count). The van der Waals surface area contributed by atoms with Crippen LogP contribution in [0.25, 0.3) is 0 Å². The van der Waals surface area contributed by atoms with Crippen LogP contribution in [-0.4, -0.2) is 42.6 Å². The first-order valence-electron chi connectivity index (χ1n) is 9.57. The number of benzene rings is 2. The molecule has 0 aliphatic carbocycles. The number of anilines is 2. The number of nitrogens with one attached hydrogen (secondary N) is 2. The number of rotatable bonds is 8. The molecule has 1 heterocycles. The largest absolute Gasteiger partial charge is 0.322 e. The summed E-state index contributed by atoms with van der Waals surface area (Å²) in [7, 11) is -3.57. The summed E-state index contributed by atoms with van der Waals surface area (Å²) >= 11 is 1.32. The van der Waals surface area contributed by atoms with Gasteiger partial charge in [-0.15, -0.1) is 11.3 Å². The molecule has 2 aromatic carbocycles. The third kappa shape index (κ3) is 5.35. The molecule has 2 amide bonds. The first kappa shape index (κ1) is 22.6. The molecule has 0 saturated carbocycles. The van der Waals surface area contributed by atoms with Crippen LogP contribution in [-0.2, 0) is 10.0 Å². The second kappa shape index (κ2) is 9.82. The Balaban J connectivity index is 1.65. The van der Waals surface area contributed by atoms with Crippen molar-refractivity contribution in [3.63, 3.8) is 0 Å². The van der Waals surface area contributed by atoms with Crippen molar-refractivity contribution < 1.29 is 18.0 Å². The van der Waals surface area contributed by atoms with E-state index in [2.05, 4.69) is 15.6 Å². The first-order chi connectivity index (χ1) is 14.8. The Morgan fingerprint density at radius 2 is 1.45 bits per heavy atom. The van der Waals surface area contributed by atoms with E-state index in [0.29, 0.717) is 35.0 Å². The summed E-state index contributed by atoms with van der Waals surface area (Å²) in [6, 6.07) is 12.2. The molecule has 162 valence electrons. The molecule has 0 unspecified atom stereocenters. The van der Waals surface area contributed by atoms with Gasteiger partial charge >= 0.3 is 0 Å². The van der Waals surface area contributed by atoms with Gasteiger partial charge in [-0.05, 0) is 48.5 Å². The fraction of sp³-hybridized carbons (Fsp3) is 0.190. The van der Waals surface area contributed by atoms with E-state index in [-0.39, 0.29) is 16.7 Å². The molecule has 10 heteroatoms. The van der Waals surface area contributed by atoms with Gasteiger partial charge in [0.05, 0.1) is 4.90 Å². The highest BCUT2D eigenvalue weighted by Gasteiger charge is 2.21. The number of sulfonamides is 1. The van der Waals surface area contributed by atoms with E-state index >= 15 is 0 Å². The highest BCUT2D eigenvalue weighted by Crippen LogP contribution is 2.18. The maximum absolute atomic E-state index is 12.5. The number of carbonyl (C=O) groups is 2. The zero-order valence-corrected chi connectivity index (χ0v) is 18.7. The van der Waals surface area contributed by atoms with Gasteiger partial charge in [0.15, 0.2) is 5.13 Å². The van der Waals surface area contributed by atoms with Gasteiger partial charge in [-0.2, -0.15) is 4.31 Å². The van der Waals surface area contributed by atoms with Crippen molar-refractivity contribution in [2.24, 2.45) is 0 Å². The maximum atomic E-state index is 12.5. The average molecular weight is 459 g/mol. The summed E-state index contributed by atoms with van der Waals surface area (Å²) in [5, 5.41) is 7.69. The van der Waals surface area contributed by atoms with Crippen LogP contribution in [0.15, 0.2) is 65.0 Å². The van der Waals surface area contributed by atoms with Crippen molar-refractivity contribution in [3.8, 4) is 0 Å². The number of thiazole rings is 1. The van der Waals surface area contributed by atoms with Crippen molar-refractivity contribution in [2.75, 3.05) is 23.7 Å². The lowest BCUT2D eigenvalue weighted by molar-refractivity contribution is 0.102. The van der Waals surface area contributed by atoms with Crippen LogP contribution in [0.2, 0.25) is 0 Å². The Hall–Kier alpha value is -3.08. The normalized spacial score (nSPS) is 11.3. The van der Waals surface area contributed by atoms with E-state index in [1.807, 2.05) is 0 Å². The van der Waals surface area contributed by atoms with Crippen LogP contribution in [0.1, 0.15) is 34.6 Å². The molecule has 0 spiro atoms. The van der Waals surface area contributed by atoms with Crippen LogP contribution in [0.3, 0.4) is 0 Å². The second-order valence-corrected chi connectivity index (χ2v) is 9.27. The van der Waals surface area contributed by atoms with E-state index < -0.39 is 10.0 Å². The minimum absolute atomic E-state index is 0.142. The zero-order chi connectivity index (χ0) is 22.4. The predicted octanol–water partition coefficient (Wildman–Crippen LogP) is 3.68. The lowest BCUT2D eigenvalue weighted by Crippen LogP contribution is -2.30. The fourth-order valence-electron chi connectivity index (χ4n) is 2.85. The Kier molecular flexibility index (Phi) is 7.16. The number of hydrogen-bond donors (Lipinski definition) is 2. The van der Waals surface area contributed by atoms with Crippen molar-refractivity contribution in [1.29, 1.82) is 0 Å². The summed E-state index contributed by atoms with van der Waals surface area (Å²) < 4.78 is 26.4. The van der Waals surface area contributed by atoms with Crippen LogP contribution in [0, 0.1) is 0 Å². The van der Waals surface area contributed by atoms with Crippen molar-refractivity contribution in [3.05, 3.63) is 71.2 Å². The molecule has 0 radical (unpaired) electrons. The van der Waals surface area contributed by atoms with Crippen molar-refractivity contribution in [2.45, 2.75) is 18.7 Å². The molecule has 2 N–H and O–H groups in total. The van der Waals surface area contributed by atoms with Crippen molar-refractivity contribution in [1.82, 2.24) is 9.29 Å². The molecule has 0 bridgehead atoms. The number of amides is 2. The van der Waals surface area contributed by atoms with Crippen LogP contribution in [0.4, 0.5) is 10.8 Å². The molecule has 0 fully saturated rings. The number of hydrogen-bond acceptors (Lipinski definition) is 6. The Labute approximate surface area is 185 Å². The molecule has 0 saturated heterocycles. The Morgan fingerprint density at radius 3 is 1.97 bits per heavy atom. The van der Waals surface area contributed by atoms with E-state index in [1.54, 1.807) is 49.7 Å². The molecule has 0 aliphatic heterocycles. The zero-order valence-electron chi connectivity index (χ0n) is 17.0. The van der Waals surface area contributed by atoms with Crippen LogP contribution in [0.5, 0.6) is 0 Å². The number of carbonyl (C=O) groups excluding carboxylic acids is 2. The lowest BCUT2D eigenvalue weighted by atomic mass is 10.1. The quantitative estimate of drug-likeness (QED) is 0.535. The van der Waals surface area contributed by atoms with Crippen LogP contribution >= 0.6 is 11.3 Å². The summed E-state index contributed by atoms with van der Waals surface area (Å²) in [5.41, 5.74) is 1.26. The molecule has 3 aromatic rings. The fourth-order valence-corrected chi connectivity index (χ4v) is 4.84. The number of nitrogens with zero attached hydrogens (tertiary/aromatic N) is 2. The summed E-state index contributed by atoms with van der Waals surface area (Å²) in [6.45, 7) is 4.30. The minimum atomic E-state index is -3.57. The molecule has 0 aliphatic rings. The van der Waals surface area contributed by atoms with Crippen LogP contribution < -0.4 is 10.6 Å². The van der Waals surface area contributed by atoms with Gasteiger partial charge in [-0.3, -0.25) is 14.9 Å². The van der Waals surface area contributed by atoms with E-state index in [9.17, 15) is 18.0 Å². The predicted molar refractivity (Wildman–Crippen MR) is 121 cm³/mol. The smallest absolute Gasteiger partial charge is 0.257 e. The molecule has 31 heavy (non-hydrogen) atoms. The molecular formula is C21H22N4O4S2. The second-order valence-electron chi connectivity index (χ2n) is 6.44. The summed E-state index contributed by atoms with van der Waals surface area (Å²) in [6.07, 6.45) is 1.60. The summed E-state index contributed by atoms with van der Waals surface area (Å²) in [5.74, 6) is -0.676. The standard InChI is InChI=1S/C21H22N4O4S2/c1-3-25(4-2)31(28,29)18-11-7-16(8-12-18)19(26)23-17-9-5-15(6-10-17)20(27)24-21-22-13-14-30-21/h5-14H,3-4H2,1-2H3,(H,23,26)(H,22,24,27). The molecule has 0 atom stereocenters. The van der Waals surface area contributed by atoms with E-state index in [1.165, 1.54) is 39.9 Å². The highest BCUT2D eigenvalue weighted by atomic mass is 32.2. The highest BCUT2D eigenvalue weighted by molar-refractivity contribution is 7.89. The topological polar surface area (TPSA) is 108 Å². The van der Waals surface area contributed by atoms with E-state index in [0.717, 1.165) is 0 Å². The van der Waals surface area contributed by atoms with Gasteiger partial charge in [-0.25, -0.2) is 13.4 Å². The Bertz CT molecular complexity index is 1140. The summed E-state index contributed by atoms with van der Waals surface area (Å²) in [4.78, 5) is 28.8. The van der Waals surface area contributed by atoms with Crippen molar-refractivity contribution >= 4 is 44.0 Å². The Morgan fingerprint density at radius 1 is 0.903 bits per heavy atom. The molecule has 1 aromatic heterocycles. The van der Waals surface area contributed by atoms with Gasteiger partial charge in [0.2, 0.25) is 10.0 Å². The third-order valence-electron chi connectivity index (χ3n) is 4.52. The average Bonchev–Trinajstić information content (AvgIpc) is 3.28. The van der Waals surface area contributed by atoms with Gasteiger partial charge in [0.25, 0.3) is 11.8 Å². The maximum Gasteiger partial charge on any atom is 0.257 e. The molecule has 8 nitrogen and oxygen atoms in total. The monoisotopic (exact) mass is 458 g/mol.